The van der Waals surface area contributed by atoms with E-state index < -0.39 is 5.97 Å². The molecule has 0 aromatic carbocycles. The number of carboxylic acid groups (broad SMARTS) is 1. The lowest BCUT2D eigenvalue weighted by Crippen LogP contribution is -2.32. The number of aliphatic carboxylic acids is 1. The Morgan fingerprint density at radius 1 is 1.53 bits per heavy atom. The van der Waals surface area contributed by atoms with Crippen molar-refractivity contribution in [2.75, 3.05) is 6.54 Å². The summed E-state index contributed by atoms with van der Waals surface area (Å²) in [5, 5.41) is 8.71. The monoisotopic (exact) mass is 300 g/mol. The molecule has 1 rings (SSSR count). The lowest BCUT2D eigenvalue weighted by atomic mass is 10.2. The van der Waals surface area contributed by atoms with Crippen LogP contribution in [0.25, 0.3) is 0 Å². The first-order valence-electron chi connectivity index (χ1n) is 5.54. The Hall–Kier alpha value is -0.940. The molecule has 0 amide bonds. The van der Waals surface area contributed by atoms with Crippen molar-refractivity contribution in [3.63, 3.8) is 0 Å². The third kappa shape index (κ3) is 5.28. The van der Waals surface area contributed by atoms with Crippen molar-refractivity contribution in [3.8, 4) is 0 Å². The fraction of sp³-hybridized carbons (Fsp3) is 0.500. The van der Waals surface area contributed by atoms with Crippen LogP contribution < -0.4 is 0 Å². The van der Waals surface area contributed by atoms with Gasteiger partial charge in [0.1, 0.15) is 0 Å². The van der Waals surface area contributed by atoms with Gasteiger partial charge in [0, 0.05) is 36.0 Å². The van der Waals surface area contributed by atoms with Crippen LogP contribution in [0.4, 0.5) is 0 Å². The molecule has 0 aliphatic rings. The molecule has 1 heterocycles. The van der Waals surface area contributed by atoms with Crippen LogP contribution in [0, 0.1) is 0 Å². The molecule has 4 nitrogen and oxygen atoms in total. The smallest absolute Gasteiger partial charge is 0.304 e. The van der Waals surface area contributed by atoms with Gasteiger partial charge in [-0.3, -0.25) is 14.7 Å². The average Bonchev–Trinajstić information content (AvgIpc) is 2.23. The van der Waals surface area contributed by atoms with Crippen molar-refractivity contribution in [2.24, 2.45) is 0 Å². The Morgan fingerprint density at radius 2 is 2.24 bits per heavy atom. The number of rotatable bonds is 6. The Morgan fingerprint density at radius 3 is 2.76 bits per heavy atom. The largest absolute Gasteiger partial charge is 0.481 e. The lowest BCUT2D eigenvalue weighted by molar-refractivity contribution is -0.137. The standard InChI is InChI=1S/C12H17BrN2O2/c1-9(2)15(4-3-12(16)17)8-10-5-11(13)7-14-6-10/h5-7,9H,3-4,8H2,1-2H3,(H,16,17). The zero-order valence-corrected chi connectivity index (χ0v) is 11.6. The highest BCUT2D eigenvalue weighted by Gasteiger charge is 2.12. The van der Waals surface area contributed by atoms with Crippen LogP contribution in [0.3, 0.4) is 0 Å². The Balaban J connectivity index is 2.63. The summed E-state index contributed by atoms with van der Waals surface area (Å²) < 4.78 is 0.942. The van der Waals surface area contributed by atoms with E-state index in [1.54, 1.807) is 12.4 Å². The molecule has 0 aliphatic heterocycles. The van der Waals surface area contributed by atoms with E-state index in [-0.39, 0.29) is 6.42 Å². The second-order valence-corrected chi connectivity index (χ2v) is 5.14. The van der Waals surface area contributed by atoms with Crippen LogP contribution in [0.5, 0.6) is 0 Å². The average molecular weight is 301 g/mol. The second-order valence-electron chi connectivity index (χ2n) is 4.22. The number of carboxylic acids is 1. The van der Waals surface area contributed by atoms with Crippen molar-refractivity contribution in [2.45, 2.75) is 32.9 Å². The van der Waals surface area contributed by atoms with Crippen molar-refractivity contribution in [1.29, 1.82) is 0 Å². The molecule has 0 atom stereocenters. The van der Waals surface area contributed by atoms with Crippen molar-refractivity contribution < 1.29 is 9.90 Å². The zero-order valence-electron chi connectivity index (χ0n) is 10.1. The van der Waals surface area contributed by atoms with E-state index in [1.807, 2.05) is 6.07 Å². The van der Waals surface area contributed by atoms with Gasteiger partial charge in [0.2, 0.25) is 0 Å². The van der Waals surface area contributed by atoms with E-state index >= 15 is 0 Å². The van der Waals surface area contributed by atoms with Gasteiger partial charge in [0.05, 0.1) is 6.42 Å². The molecular weight excluding hydrogens is 284 g/mol. The molecule has 0 saturated carbocycles. The molecule has 0 fully saturated rings. The fourth-order valence-corrected chi connectivity index (χ4v) is 1.95. The fourth-order valence-electron chi connectivity index (χ4n) is 1.54. The van der Waals surface area contributed by atoms with Crippen molar-refractivity contribution in [1.82, 2.24) is 9.88 Å². The predicted molar refractivity (Wildman–Crippen MR) is 69.7 cm³/mol. The van der Waals surface area contributed by atoms with Crippen LogP contribution >= 0.6 is 15.9 Å². The van der Waals surface area contributed by atoms with E-state index in [0.29, 0.717) is 12.6 Å². The highest BCUT2D eigenvalue weighted by molar-refractivity contribution is 9.10. The first-order valence-corrected chi connectivity index (χ1v) is 6.33. The molecule has 0 aliphatic carbocycles. The topological polar surface area (TPSA) is 53.4 Å². The quantitative estimate of drug-likeness (QED) is 0.877. The van der Waals surface area contributed by atoms with E-state index in [1.165, 1.54) is 0 Å². The summed E-state index contributed by atoms with van der Waals surface area (Å²) in [6, 6.07) is 2.32. The van der Waals surface area contributed by atoms with E-state index in [2.05, 4.69) is 39.7 Å². The van der Waals surface area contributed by atoms with Gasteiger partial charge in [-0.2, -0.15) is 0 Å². The number of pyridine rings is 1. The van der Waals surface area contributed by atoms with E-state index in [0.717, 1.165) is 16.6 Å². The molecule has 1 aromatic rings. The summed E-state index contributed by atoms with van der Waals surface area (Å²) in [6.45, 7) is 5.40. The predicted octanol–water partition coefficient (Wildman–Crippen LogP) is 2.53. The lowest BCUT2D eigenvalue weighted by Gasteiger charge is -2.25. The van der Waals surface area contributed by atoms with E-state index in [4.69, 9.17) is 5.11 Å². The highest BCUT2D eigenvalue weighted by Crippen LogP contribution is 2.13. The van der Waals surface area contributed by atoms with E-state index in [9.17, 15) is 4.79 Å². The summed E-state index contributed by atoms with van der Waals surface area (Å²) in [5.41, 5.74) is 1.08. The summed E-state index contributed by atoms with van der Waals surface area (Å²) in [6.07, 6.45) is 3.71. The van der Waals surface area contributed by atoms with Gasteiger partial charge in [0.15, 0.2) is 0 Å². The number of hydrogen-bond donors (Lipinski definition) is 1. The minimum atomic E-state index is -0.761. The second kappa shape index (κ2) is 6.71. The molecule has 1 N–H and O–H groups in total. The summed E-state index contributed by atoms with van der Waals surface area (Å²) in [4.78, 5) is 16.8. The third-order valence-corrected chi connectivity index (χ3v) is 2.92. The van der Waals surface area contributed by atoms with Crippen LogP contribution in [-0.2, 0) is 11.3 Å². The maximum atomic E-state index is 10.6. The van der Waals surface area contributed by atoms with Crippen LogP contribution in [0.1, 0.15) is 25.8 Å². The SMILES string of the molecule is CC(C)N(CCC(=O)O)Cc1cncc(Br)c1. The summed E-state index contributed by atoms with van der Waals surface area (Å²) in [7, 11) is 0. The minimum absolute atomic E-state index is 0.166. The Labute approximate surface area is 110 Å². The number of hydrogen-bond acceptors (Lipinski definition) is 3. The summed E-state index contributed by atoms with van der Waals surface area (Å²) >= 11 is 3.38. The van der Waals surface area contributed by atoms with Crippen LogP contribution in [-0.4, -0.2) is 33.5 Å². The summed E-state index contributed by atoms with van der Waals surface area (Å²) in [5.74, 6) is -0.761. The molecule has 17 heavy (non-hydrogen) atoms. The number of aromatic nitrogens is 1. The third-order valence-electron chi connectivity index (χ3n) is 2.49. The van der Waals surface area contributed by atoms with Gasteiger partial charge in [-0.25, -0.2) is 0 Å². The number of halogens is 1. The van der Waals surface area contributed by atoms with Gasteiger partial charge in [-0.15, -0.1) is 0 Å². The van der Waals surface area contributed by atoms with Crippen molar-refractivity contribution in [3.05, 3.63) is 28.5 Å². The maximum Gasteiger partial charge on any atom is 0.304 e. The number of carbonyl (C=O) groups is 1. The molecule has 0 unspecified atom stereocenters. The van der Waals surface area contributed by atoms with Gasteiger partial charge in [-0.05, 0) is 41.4 Å². The van der Waals surface area contributed by atoms with Gasteiger partial charge in [-0.1, -0.05) is 0 Å². The first-order chi connectivity index (χ1) is 7.99. The van der Waals surface area contributed by atoms with Crippen molar-refractivity contribution >= 4 is 21.9 Å². The van der Waals surface area contributed by atoms with Gasteiger partial charge in [0.25, 0.3) is 0 Å². The zero-order chi connectivity index (χ0) is 12.8. The van der Waals surface area contributed by atoms with Gasteiger partial charge < -0.3 is 5.11 Å². The first kappa shape index (κ1) is 14.1. The maximum absolute atomic E-state index is 10.6. The molecule has 94 valence electrons. The normalized spacial score (nSPS) is 11.1. The minimum Gasteiger partial charge on any atom is -0.481 e. The molecular formula is C12H17BrN2O2. The molecule has 5 heteroatoms. The molecule has 0 saturated heterocycles. The van der Waals surface area contributed by atoms with Gasteiger partial charge >= 0.3 is 5.97 Å². The highest BCUT2D eigenvalue weighted by atomic mass is 79.9. The molecule has 0 spiro atoms. The van der Waals surface area contributed by atoms with Crippen LogP contribution in [0.15, 0.2) is 22.9 Å². The molecule has 0 bridgehead atoms. The molecule has 1 aromatic heterocycles. The van der Waals surface area contributed by atoms with Crippen LogP contribution in [0.2, 0.25) is 0 Å². The Bertz CT molecular complexity index is 383. The Kier molecular flexibility index (Phi) is 5.58. The molecule has 0 radical (unpaired) electrons. The number of nitrogens with zero attached hydrogens (tertiary/aromatic N) is 2.